The highest BCUT2D eigenvalue weighted by Gasteiger charge is 2.10. The van der Waals surface area contributed by atoms with Gasteiger partial charge in [0.2, 0.25) is 5.95 Å². The van der Waals surface area contributed by atoms with Crippen molar-refractivity contribution in [2.24, 2.45) is 0 Å². The van der Waals surface area contributed by atoms with Crippen LogP contribution in [0.5, 0.6) is 0 Å². The first-order valence-corrected chi connectivity index (χ1v) is 7.52. The molecule has 0 fully saturated rings. The molecule has 0 amide bonds. The molecule has 0 spiro atoms. The van der Waals surface area contributed by atoms with Crippen LogP contribution in [0.4, 0.5) is 17.5 Å². The van der Waals surface area contributed by atoms with Gasteiger partial charge in [-0.25, -0.2) is 9.67 Å². The smallest absolute Gasteiger partial charge is 0.229 e. The molecule has 0 saturated heterocycles. The standard InChI is InChI=1S/C16H14ClN7/c1-10-14(9-24(23-10)13-5-3-12(17)4-6-13)21-16-20-8-11(7-18)15(19-2)22-16/h3-6,8-9H,1-2H3,(H2,19,20,21,22). The van der Waals surface area contributed by atoms with Gasteiger partial charge in [0.15, 0.2) is 0 Å². The van der Waals surface area contributed by atoms with Crippen LogP contribution in [0.25, 0.3) is 5.69 Å². The number of benzene rings is 1. The van der Waals surface area contributed by atoms with E-state index in [0.717, 1.165) is 17.1 Å². The van der Waals surface area contributed by atoms with Gasteiger partial charge >= 0.3 is 0 Å². The molecule has 7 nitrogen and oxygen atoms in total. The first-order valence-electron chi connectivity index (χ1n) is 7.15. The van der Waals surface area contributed by atoms with Gasteiger partial charge in [-0.2, -0.15) is 15.3 Å². The molecule has 8 heteroatoms. The van der Waals surface area contributed by atoms with Crippen molar-refractivity contribution in [1.29, 1.82) is 5.26 Å². The molecule has 0 atom stereocenters. The molecule has 120 valence electrons. The van der Waals surface area contributed by atoms with Gasteiger partial charge in [-0.1, -0.05) is 11.6 Å². The van der Waals surface area contributed by atoms with Gasteiger partial charge in [0, 0.05) is 12.1 Å². The second-order valence-electron chi connectivity index (χ2n) is 4.99. The number of aryl methyl sites for hydroxylation is 1. The molecule has 0 aliphatic carbocycles. The number of rotatable bonds is 4. The predicted molar refractivity (Wildman–Crippen MR) is 92.9 cm³/mol. The molecular weight excluding hydrogens is 326 g/mol. The van der Waals surface area contributed by atoms with Crippen molar-refractivity contribution in [2.45, 2.75) is 6.92 Å². The molecule has 0 unspecified atom stereocenters. The fourth-order valence-electron chi connectivity index (χ4n) is 2.14. The van der Waals surface area contributed by atoms with E-state index < -0.39 is 0 Å². The van der Waals surface area contributed by atoms with E-state index in [4.69, 9.17) is 16.9 Å². The summed E-state index contributed by atoms with van der Waals surface area (Å²) in [6, 6.07) is 9.43. The summed E-state index contributed by atoms with van der Waals surface area (Å²) >= 11 is 5.91. The maximum absolute atomic E-state index is 9.01. The molecule has 2 aromatic heterocycles. The summed E-state index contributed by atoms with van der Waals surface area (Å²) in [5, 5.41) is 20.1. The molecule has 0 bridgehead atoms. The minimum atomic E-state index is 0.386. The first-order chi connectivity index (χ1) is 11.6. The van der Waals surface area contributed by atoms with Crippen LogP contribution in [0, 0.1) is 18.3 Å². The normalized spacial score (nSPS) is 10.2. The number of nitrogens with one attached hydrogen (secondary N) is 2. The van der Waals surface area contributed by atoms with E-state index in [2.05, 4.69) is 25.7 Å². The quantitative estimate of drug-likeness (QED) is 0.758. The zero-order valence-corrected chi connectivity index (χ0v) is 13.8. The monoisotopic (exact) mass is 339 g/mol. The largest absolute Gasteiger partial charge is 0.372 e. The first kappa shape index (κ1) is 15.8. The lowest BCUT2D eigenvalue weighted by Gasteiger charge is -2.06. The van der Waals surface area contributed by atoms with Crippen molar-refractivity contribution in [3.8, 4) is 11.8 Å². The van der Waals surface area contributed by atoms with E-state index >= 15 is 0 Å². The van der Waals surface area contributed by atoms with E-state index in [9.17, 15) is 0 Å². The summed E-state index contributed by atoms with van der Waals surface area (Å²) in [6.45, 7) is 1.89. The highest BCUT2D eigenvalue weighted by atomic mass is 35.5. The van der Waals surface area contributed by atoms with Crippen LogP contribution in [0.1, 0.15) is 11.3 Å². The summed E-state index contributed by atoms with van der Waals surface area (Å²) in [5.74, 6) is 0.856. The van der Waals surface area contributed by atoms with Crippen molar-refractivity contribution in [1.82, 2.24) is 19.7 Å². The fourth-order valence-corrected chi connectivity index (χ4v) is 2.27. The molecule has 24 heavy (non-hydrogen) atoms. The van der Waals surface area contributed by atoms with Crippen LogP contribution in [0.15, 0.2) is 36.7 Å². The Kier molecular flexibility index (Phi) is 4.31. The van der Waals surface area contributed by atoms with Crippen molar-refractivity contribution < 1.29 is 0 Å². The zero-order chi connectivity index (χ0) is 17.1. The lowest BCUT2D eigenvalue weighted by molar-refractivity contribution is 0.863. The molecule has 0 aliphatic heterocycles. The van der Waals surface area contributed by atoms with Crippen LogP contribution < -0.4 is 10.6 Å². The number of nitrogens with zero attached hydrogens (tertiary/aromatic N) is 5. The highest BCUT2D eigenvalue weighted by Crippen LogP contribution is 2.21. The third kappa shape index (κ3) is 3.14. The van der Waals surface area contributed by atoms with Gasteiger partial charge in [-0.3, -0.25) is 0 Å². The number of hydrogen-bond donors (Lipinski definition) is 2. The van der Waals surface area contributed by atoms with Crippen LogP contribution in [0.3, 0.4) is 0 Å². The Morgan fingerprint density at radius 3 is 2.67 bits per heavy atom. The van der Waals surface area contributed by atoms with Crippen molar-refractivity contribution in [2.75, 3.05) is 17.7 Å². The predicted octanol–water partition coefficient (Wildman–Crippen LogP) is 3.28. The minimum Gasteiger partial charge on any atom is -0.372 e. The fraction of sp³-hybridized carbons (Fsp3) is 0.125. The van der Waals surface area contributed by atoms with E-state index in [1.54, 1.807) is 11.7 Å². The second kappa shape index (κ2) is 6.56. The Bertz CT molecular complexity index is 909. The Hall–Kier alpha value is -3.11. The third-order valence-corrected chi connectivity index (χ3v) is 3.63. The second-order valence-corrected chi connectivity index (χ2v) is 5.43. The highest BCUT2D eigenvalue weighted by molar-refractivity contribution is 6.30. The lowest BCUT2D eigenvalue weighted by Crippen LogP contribution is -2.03. The number of aromatic nitrogens is 4. The van der Waals surface area contributed by atoms with Gasteiger partial charge < -0.3 is 10.6 Å². The molecule has 2 heterocycles. The Labute approximate surface area is 143 Å². The van der Waals surface area contributed by atoms with Crippen molar-refractivity contribution in [3.05, 3.63) is 52.9 Å². The van der Waals surface area contributed by atoms with Crippen molar-refractivity contribution >= 4 is 29.1 Å². The molecule has 3 aromatic rings. The van der Waals surface area contributed by atoms with E-state index in [-0.39, 0.29) is 0 Å². The molecule has 2 N–H and O–H groups in total. The molecule has 0 radical (unpaired) electrons. The SMILES string of the molecule is CNc1nc(Nc2cn(-c3ccc(Cl)cc3)nc2C)ncc1C#N. The number of nitriles is 1. The Balaban J connectivity index is 1.89. The molecular formula is C16H14ClN7. The molecule has 0 saturated carbocycles. The van der Waals surface area contributed by atoms with Gasteiger partial charge in [-0.05, 0) is 31.2 Å². The molecule has 0 aliphatic rings. The summed E-state index contributed by atoms with van der Waals surface area (Å²) in [4.78, 5) is 8.43. The lowest BCUT2D eigenvalue weighted by atomic mass is 10.3. The maximum Gasteiger partial charge on any atom is 0.229 e. The van der Waals surface area contributed by atoms with Crippen LogP contribution in [0.2, 0.25) is 5.02 Å². The number of halogens is 1. The average Bonchev–Trinajstić information content (AvgIpc) is 2.96. The van der Waals surface area contributed by atoms with Crippen LogP contribution in [-0.2, 0) is 0 Å². The summed E-state index contributed by atoms with van der Waals surface area (Å²) in [6.07, 6.45) is 3.32. The van der Waals surface area contributed by atoms with Gasteiger partial charge in [0.05, 0.1) is 29.5 Å². The molecule has 3 rings (SSSR count). The number of hydrogen-bond acceptors (Lipinski definition) is 6. The summed E-state index contributed by atoms with van der Waals surface area (Å²) in [7, 11) is 1.71. The topological polar surface area (TPSA) is 91.4 Å². The van der Waals surface area contributed by atoms with Gasteiger partial charge in [0.25, 0.3) is 0 Å². The third-order valence-electron chi connectivity index (χ3n) is 3.38. The average molecular weight is 340 g/mol. The van der Waals surface area contributed by atoms with Crippen LogP contribution >= 0.6 is 11.6 Å². The zero-order valence-electron chi connectivity index (χ0n) is 13.1. The Morgan fingerprint density at radius 2 is 2.00 bits per heavy atom. The van der Waals surface area contributed by atoms with E-state index in [0.29, 0.717) is 22.4 Å². The maximum atomic E-state index is 9.01. The summed E-state index contributed by atoms with van der Waals surface area (Å²) in [5.41, 5.74) is 2.85. The summed E-state index contributed by atoms with van der Waals surface area (Å²) < 4.78 is 1.75. The number of anilines is 3. The van der Waals surface area contributed by atoms with Gasteiger partial charge in [0.1, 0.15) is 17.5 Å². The Morgan fingerprint density at radius 1 is 1.25 bits per heavy atom. The molecule has 1 aromatic carbocycles. The minimum absolute atomic E-state index is 0.386. The van der Waals surface area contributed by atoms with Gasteiger partial charge in [-0.15, -0.1) is 0 Å². The van der Waals surface area contributed by atoms with E-state index in [1.165, 1.54) is 6.20 Å². The van der Waals surface area contributed by atoms with E-state index in [1.807, 2.05) is 43.5 Å². The van der Waals surface area contributed by atoms with Crippen LogP contribution in [-0.4, -0.2) is 26.8 Å². The van der Waals surface area contributed by atoms with Crippen molar-refractivity contribution in [3.63, 3.8) is 0 Å².